The van der Waals surface area contributed by atoms with E-state index >= 15 is 0 Å². The van der Waals surface area contributed by atoms with Crippen LogP contribution in [0.4, 0.5) is 9.93 Å². The van der Waals surface area contributed by atoms with Crippen molar-refractivity contribution in [2.24, 2.45) is 17.7 Å². The number of ether oxygens (including phenoxy) is 1. The van der Waals surface area contributed by atoms with E-state index < -0.39 is 30.1 Å². The van der Waals surface area contributed by atoms with Crippen LogP contribution in [0, 0.1) is 11.8 Å². The molecule has 2 fully saturated rings. The molecule has 0 saturated heterocycles. The smallest absolute Gasteiger partial charge is 0.339 e. The van der Waals surface area contributed by atoms with Gasteiger partial charge in [0.25, 0.3) is 11.8 Å². The number of benzene rings is 1. The molecule has 11 nitrogen and oxygen atoms in total. The van der Waals surface area contributed by atoms with Crippen molar-refractivity contribution in [3.63, 3.8) is 0 Å². The lowest BCUT2D eigenvalue weighted by Gasteiger charge is -2.38. The summed E-state index contributed by atoms with van der Waals surface area (Å²) in [5.41, 5.74) is 2.56. The maximum Gasteiger partial charge on any atom is 0.339 e. The fourth-order valence-electron chi connectivity index (χ4n) is 5.39. The summed E-state index contributed by atoms with van der Waals surface area (Å²) in [5, 5.41) is 2.35. The molecule has 4 amide bonds. The molecule has 12 heteroatoms. The summed E-state index contributed by atoms with van der Waals surface area (Å²) in [6.45, 7) is 6.62. The van der Waals surface area contributed by atoms with Gasteiger partial charge in [-0.3, -0.25) is 24.7 Å². The molecular formula is C30H37N6O5S. The first-order chi connectivity index (χ1) is 20.2. The Morgan fingerprint density at radius 2 is 1.88 bits per heavy atom. The molecule has 2 heterocycles. The lowest BCUT2D eigenvalue weighted by molar-refractivity contribution is -0.127. The van der Waals surface area contributed by atoms with Gasteiger partial charge in [0, 0.05) is 23.5 Å². The van der Waals surface area contributed by atoms with Crippen LogP contribution < -0.4 is 16.2 Å². The number of hydrogen-bond donors (Lipinski definition) is 2. The molecule has 1 aliphatic heterocycles. The largest absolute Gasteiger partial charge is 0.468 e. The molecule has 2 aromatic rings. The molecule has 5 rings (SSSR count). The molecule has 0 spiro atoms. The highest BCUT2D eigenvalue weighted by atomic mass is 32.1. The van der Waals surface area contributed by atoms with Crippen LogP contribution in [-0.4, -0.2) is 57.5 Å². The summed E-state index contributed by atoms with van der Waals surface area (Å²) < 4.78 is 5.99. The van der Waals surface area contributed by atoms with Gasteiger partial charge in [-0.25, -0.2) is 20.5 Å². The molecule has 223 valence electrons. The van der Waals surface area contributed by atoms with E-state index in [1.54, 1.807) is 36.6 Å². The number of thiazole rings is 1. The summed E-state index contributed by atoms with van der Waals surface area (Å²) in [6.07, 6.45) is 6.33. The quantitative estimate of drug-likeness (QED) is 0.171. The van der Waals surface area contributed by atoms with Crippen LogP contribution in [0.3, 0.4) is 0 Å². The number of hydrogen-bond acceptors (Lipinski definition) is 9. The van der Waals surface area contributed by atoms with Crippen molar-refractivity contribution in [2.45, 2.75) is 77.6 Å². The third kappa shape index (κ3) is 6.05. The van der Waals surface area contributed by atoms with Crippen molar-refractivity contribution in [2.75, 3.05) is 11.4 Å². The van der Waals surface area contributed by atoms with Crippen molar-refractivity contribution in [3.05, 3.63) is 58.4 Å². The van der Waals surface area contributed by atoms with Gasteiger partial charge in [-0.15, -0.1) is 11.3 Å². The molecule has 1 aromatic carbocycles. The second-order valence-electron chi connectivity index (χ2n) is 11.5. The van der Waals surface area contributed by atoms with Crippen LogP contribution >= 0.6 is 11.3 Å². The summed E-state index contributed by atoms with van der Waals surface area (Å²) in [6, 6.07) is 7.29. The zero-order chi connectivity index (χ0) is 30.0. The topological polar surface area (TPSA) is 138 Å². The number of aromatic nitrogens is 1. The second kappa shape index (κ2) is 12.6. The van der Waals surface area contributed by atoms with E-state index in [2.05, 4.69) is 29.2 Å². The highest BCUT2D eigenvalue weighted by molar-refractivity contribution is 7.14. The van der Waals surface area contributed by atoms with E-state index in [4.69, 9.17) is 10.6 Å². The molecular weight excluding hydrogens is 556 g/mol. The summed E-state index contributed by atoms with van der Waals surface area (Å²) >= 11 is 1.35. The number of carbonyl (C=O) groups is 3. The molecule has 0 bridgehead atoms. The average molecular weight is 594 g/mol. The number of nitrogens with zero attached hydrogens (tertiary/aromatic N) is 4. The van der Waals surface area contributed by atoms with E-state index in [9.17, 15) is 19.2 Å². The van der Waals surface area contributed by atoms with E-state index in [1.165, 1.54) is 11.3 Å². The number of nitrogens with one attached hydrogen (secondary N) is 1. The van der Waals surface area contributed by atoms with E-state index in [0.717, 1.165) is 48.4 Å². The summed E-state index contributed by atoms with van der Waals surface area (Å²) in [4.78, 5) is 62.7. The number of carbonyl (C=O) groups excluding carboxylic acids is 4. The minimum absolute atomic E-state index is 0.0686. The standard InChI is InChI=1S/C30H37N6O5S/c1-18(2)15-34(22-10-7-11-22)30-32-24(17-42-30)26(38)35(23(16-37)14-20-12-13-20)27(39)25-19(3)41-28(36(25)29(40)33-31)21-8-5-4-6-9-21/h4-6,8-9,17-18,20,22-23,28H,7,10-15,31H2,1-3H3,(H,33,40)/t23-,28?/m0/s1. The van der Waals surface area contributed by atoms with Gasteiger partial charge in [-0.2, -0.15) is 0 Å². The SMILES string of the molecule is CC1=C(C(=O)N(C(=O)c2csc(N(CC(C)C)C3CCC3)n2)[C@H]([C]=O)CC2CC2)N(C(=O)NN)C(c2ccccc2)O1. The lowest BCUT2D eigenvalue weighted by Crippen LogP contribution is -2.51. The normalized spacial score (nSPS) is 19.3. The van der Waals surface area contributed by atoms with Crippen LogP contribution in [-0.2, 0) is 14.3 Å². The first-order valence-electron chi connectivity index (χ1n) is 14.4. The Labute approximate surface area is 249 Å². The molecule has 1 radical (unpaired) electrons. The number of amides is 4. The van der Waals surface area contributed by atoms with Gasteiger partial charge in [0.15, 0.2) is 10.8 Å². The highest BCUT2D eigenvalue weighted by Gasteiger charge is 2.46. The number of hydrazine groups is 1. The van der Waals surface area contributed by atoms with Gasteiger partial charge in [-0.05, 0) is 44.4 Å². The first-order valence-corrected chi connectivity index (χ1v) is 15.3. The number of imide groups is 1. The maximum absolute atomic E-state index is 14.3. The number of allylic oxidation sites excluding steroid dienone is 1. The Kier molecular flexibility index (Phi) is 8.93. The van der Waals surface area contributed by atoms with Gasteiger partial charge >= 0.3 is 6.03 Å². The van der Waals surface area contributed by atoms with E-state index in [1.807, 2.05) is 12.4 Å². The molecule has 3 aliphatic rings. The first kappa shape index (κ1) is 29.7. The zero-order valence-electron chi connectivity index (χ0n) is 24.1. The van der Waals surface area contributed by atoms with Gasteiger partial charge in [0.1, 0.15) is 17.5 Å². The van der Waals surface area contributed by atoms with Crippen LogP contribution in [0.5, 0.6) is 0 Å². The molecule has 1 aromatic heterocycles. The molecule has 2 saturated carbocycles. The Bertz CT molecular complexity index is 1350. The van der Waals surface area contributed by atoms with Gasteiger partial charge in [-0.1, -0.05) is 57.0 Å². The third-order valence-corrected chi connectivity index (χ3v) is 8.78. The van der Waals surface area contributed by atoms with Crippen LogP contribution in [0.25, 0.3) is 0 Å². The van der Waals surface area contributed by atoms with Crippen molar-refractivity contribution in [3.8, 4) is 0 Å². The van der Waals surface area contributed by atoms with Crippen LogP contribution in [0.1, 0.15) is 81.6 Å². The van der Waals surface area contributed by atoms with Crippen LogP contribution in [0.2, 0.25) is 0 Å². The molecule has 42 heavy (non-hydrogen) atoms. The lowest BCUT2D eigenvalue weighted by atomic mass is 9.91. The Balaban J connectivity index is 1.50. The molecule has 1 unspecified atom stereocenters. The Hall–Kier alpha value is -3.77. The van der Waals surface area contributed by atoms with E-state index in [-0.39, 0.29) is 29.5 Å². The summed E-state index contributed by atoms with van der Waals surface area (Å²) in [7, 11) is 0. The fourth-order valence-corrected chi connectivity index (χ4v) is 6.27. The highest BCUT2D eigenvalue weighted by Crippen LogP contribution is 2.40. The monoisotopic (exact) mass is 593 g/mol. The number of nitrogens with two attached hydrogens (primary N) is 1. The average Bonchev–Trinajstić information content (AvgIpc) is 3.50. The Morgan fingerprint density at radius 3 is 2.45 bits per heavy atom. The minimum atomic E-state index is -1.15. The number of urea groups is 1. The van der Waals surface area contributed by atoms with E-state index in [0.29, 0.717) is 22.7 Å². The molecule has 2 atom stereocenters. The predicted octanol–water partition coefficient (Wildman–Crippen LogP) is 4.25. The van der Waals surface area contributed by atoms with Gasteiger partial charge < -0.3 is 9.64 Å². The fraction of sp³-hybridized carbons (Fsp3) is 0.500. The van der Waals surface area contributed by atoms with Crippen molar-refractivity contribution >= 4 is 40.6 Å². The minimum Gasteiger partial charge on any atom is -0.468 e. The van der Waals surface area contributed by atoms with Gasteiger partial charge in [0.2, 0.25) is 12.5 Å². The second-order valence-corrected chi connectivity index (χ2v) is 12.4. The number of anilines is 1. The van der Waals surface area contributed by atoms with Crippen LogP contribution in [0.15, 0.2) is 47.2 Å². The third-order valence-electron chi connectivity index (χ3n) is 7.90. The Morgan fingerprint density at radius 1 is 1.17 bits per heavy atom. The predicted molar refractivity (Wildman–Crippen MR) is 157 cm³/mol. The maximum atomic E-state index is 14.3. The summed E-state index contributed by atoms with van der Waals surface area (Å²) in [5.74, 6) is 4.67. The molecule has 3 N–H and O–H groups in total. The number of rotatable bonds is 11. The van der Waals surface area contributed by atoms with Crippen molar-refractivity contribution in [1.29, 1.82) is 0 Å². The van der Waals surface area contributed by atoms with Gasteiger partial charge in [0.05, 0.1) is 0 Å². The molecule has 2 aliphatic carbocycles. The van der Waals surface area contributed by atoms with Crippen molar-refractivity contribution in [1.82, 2.24) is 20.2 Å². The zero-order valence-corrected chi connectivity index (χ0v) is 24.9. The van der Waals surface area contributed by atoms with Crippen molar-refractivity contribution < 1.29 is 23.9 Å².